The van der Waals surface area contributed by atoms with Crippen molar-refractivity contribution in [1.29, 1.82) is 0 Å². The molecule has 2 aromatic heterocycles. The number of aliphatic hydroxyl groups excluding tert-OH is 1. The van der Waals surface area contributed by atoms with Gasteiger partial charge in [0.2, 0.25) is 0 Å². The molecule has 17 heavy (non-hydrogen) atoms. The van der Waals surface area contributed by atoms with Gasteiger partial charge in [-0.05, 0) is 25.8 Å². The second-order valence-electron chi connectivity index (χ2n) is 4.55. The van der Waals surface area contributed by atoms with Crippen LogP contribution in [-0.4, -0.2) is 34.3 Å². The van der Waals surface area contributed by atoms with Crippen molar-refractivity contribution in [2.45, 2.75) is 26.4 Å². The van der Waals surface area contributed by atoms with Crippen molar-refractivity contribution in [2.75, 3.05) is 18.0 Å². The van der Waals surface area contributed by atoms with Gasteiger partial charge in [0.1, 0.15) is 17.0 Å². The van der Waals surface area contributed by atoms with Gasteiger partial charge in [-0.25, -0.2) is 9.97 Å². The second-order valence-corrected chi connectivity index (χ2v) is 5.75. The number of aryl methyl sites for hydroxylation is 2. The van der Waals surface area contributed by atoms with E-state index in [1.54, 1.807) is 17.7 Å². The molecule has 0 bridgehead atoms. The Bertz CT molecular complexity index is 566. The number of aromatic nitrogens is 2. The van der Waals surface area contributed by atoms with Crippen LogP contribution in [0.2, 0.25) is 0 Å². The molecule has 0 aromatic carbocycles. The highest BCUT2D eigenvalue weighted by atomic mass is 32.1. The maximum absolute atomic E-state index is 9.63. The minimum Gasteiger partial charge on any atom is -0.391 e. The van der Waals surface area contributed by atoms with Crippen molar-refractivity contribution in [2.24, 2.45) is 0 Å². The molecule has 1 aliphatic rings. The molecule has 1 atom stereocenters. The first-order chi connectivity index (χ1) is 8.16. The minimum atomic E-state index is -0.222. The molecule has 90 valence electrons. The van der Waals surface area contributed by atoms with E-state index in [4.69, 9.17) is 0 Å². The lowest BCUT2D eigenvalue weighted by molar-refractivity contribution is 0.198. The van der Waals surface area contributed by atoms with E-state index in [1.165, 1.54) is 10.4 Å². The fraction of sp³-hybridized carbons (Fsp3) is 0.500. The van der Waals surface area contributed by atoms with Gasteiger partial charge in [0.25, 0.3) is 0 Å². The Hall–Kier alpha value is -1.20. The molecule has 1 fully saturated rings. The smallest absolute Gasteiger partial charge is 0.141 e. The van der Waals surface area contributed by atoms with Crippen molar-refractivity contribution in [1.82, 2.24) is 9.97 Å². The van der Waals surface area contributed by atoms with Crippen LogP contribution in [0, 0.1) is 13.8 Å². The fourth-order valence-corrected chi connectivity index (χ4v) is 3.33. The molecule has 5 heteroatoms. The third-order valence-corrected chi connectivity index (χ3v) is 4.52. The molecule has 1 aliphatic heterocycles. The Morgan fingerprint density at radius 3 is 2.94 bits per heavy atom. The number of rotatable bonds is 1. The highest BCUT2D eigenvalue weighted by Crippen LogP contribution is 2.35. The molecular formula is C12H15N3OS. The Morgan fingerprint density at radius 1 is 1.41 bits per heavy atom. The number of hydrogen-bond acceptors (Lipinski definition) is 5. The number of nitrogens with zero attached hydrogens (tertiary/aromatic N) is 3. The summed E-state index contributed by atoms with van der Waals surface area (Å²) in [5.41, 5.74) is 1.27. The average molecular weight is 249 g/mol. The third kappa shape index (κ3) is 1.70. The predicted octanol–water partition coefficient (Wildman–Crippen LogP) is 1.88. The number of fused-ring (bicyclic) bond motifs is 1. The summed E-state index contributed by atoms with van der Waals surface area (Å²) >= 11 is 1.71. The van der Waals surface area contributed by atoms with Gasteiger partial charge in [-0.1, -0.05) is 0 Å². The zero-order valence-electron chi connectivity index (χ0n) is 9.97. The second kappa shape index (κ2) is 3.92. The van der Waals surface area contributed by atoms with E-state index in [-0.39, 0.29) is 6.10 Å². The van der Waals surface area contributed by atoms with Crippen molar-refractivity contribution >= 4 is 27.4 Å². The van der Waals surface area contributed by atoms with Crippen LogP contribution >= 0.6 is 11.3 Å². The summed E-state index contributed by atoms with van der Waals surface area (Å²) in [6, 6.07) is 0. The fourth-order valence-electron chi connectivity index (χ4n) is 2.34. The Kier molecular flexibility index (Phi) is 2.52. The van der Waals surface area contributed by atoms with Gasteiger partial charge in [0.05, 0.1) is 11.5 Å². The maximum atomic E-state index is 9.63. The Labute approximate surface area is 104 Å². The standard InChI is InChI=1S/C12H15N3OS/c1-7-8(2)17-12-10(7)11(13-6-14-12)15-4-3-9(16)5-15/h6,9,16H,3-5H2,1-2H3. The molecule has 1 saturated heterocycles. The van der Waals surface area contributed by atoms with Crippen LogP contribution in [0.3, 0.4) is 0 Å². The van der Waals surface area contributed by atoms with Crippen LogP contribution in [0.1, 0.15) is 16.9 Å². The summed E-state index contributed by atoms with van der Waals surface area (Å²) in [5.74, 6) is 0.980. The van der Waals surface area contributed by atoms with Crippen molar-refractivity contribution in [3.8, 4) is 0 Å². The van der Waals surface area contributed by atoms with Crippen LogP contribution in [0.4, 0.5) is 5.82 Å². The number of hydrogen-bond donors (Lipinski definition) is 1. The van der Waals surface area contributed by atoms with E-state index < -0.39 is 0 Å². The molecule has 1 N–H and O–H groups in total. The van der Waals surface area contributed by atoms with E-state index in [0.717, 1.165) is 29.0 Å². The normalized spacial score (nSPS) is 20.4. The van der Waals surface area contributed by atoms with Crippen LogP contribution in [0.15, 0.2) is 6.33 Å². The first-order valence-electron chi connectivity index (χ1n) is 5.80. The zero-order chi connectivity index (χ0) is 12.0. The lowest BCUT2D eigenvalue weighted by Crippen LogP contribution is -2.22. The molecule has 0 aliphatic carbocycles. The summed E-state index contributed by atoms with van der Waals surface area (Å²) in [6.07, 6.45) is 2.23. The van der Waals surface area contributed by atoms with Gasteiger partial charge in [-0.3, -0.25) is 0 Å². The lowest BCUT2D eigenvalue weighted by Gasteiger charge is -2.17. The van der Waals surface area contributed by atoms with Crippen molar-refractivity contribution in [3.63, 3.8) is 0 Å². The Morgan fingerprint density at radius 2 is 2.24 bits per heavy atom. The molecule has 0 spiro atoms. The molecule has 3 heterocycles. The van der Waals surface area contributed by atoms with E-state index in [9.17, 15) is 5.11 Å². The zero-order valence-corrected chi connectivity index (χ0v) is 10.8. The van der Waals surface area contributed by atoms with Gasteiger partial charge >= 0.3 is 0 Å². The number of β-amino-alcohol motifs (C(OH)–C–C–N with tert-alkyl or cyclic N) is 1. The summed E-state index contributed by atoms with van der Waals surface area (Å²) in [4.78, 5) is 13.2. The largest absolute Gasteiger partial charge is 0.391 e. The topological polar surface area (TPSA) is 49.2 Å². The molecule has 3 rings (SSSR count). The first kappa shape index (κ1) is 10.9. The third-order valence-electron chi connectivity index (χ3n) is 3.41. The number of thiophene rings is 1. The van der Waals surface area contributed by atoms with Crippen LogP contribution in [-0.2, 0) is 0 Å². The van der Waals surface area contributed by atoms with Crippen molar-refractivity contribution < 1.29 is 5.11 Å². The molecule has 4 nitrogen and oxygen atoms in total. The maximum Gasteiger partial charge on any atom is 0.141 e. The molecular weight excluding hydrogens is 234 g/mol. The quantitative estimate of drug-likeness (QED) is 0.838. The van der Waals surface area contributed by atoms with Crippen molar-refractivity contribution in [3.05, 3.63) is 16.8 Å². The van der Waals surface area contributed by atoms with Crippen LogP contribution < -0.4 is 4.90 Å². The first-order valence-corrected chi connectivity index (χ1v) is 6.62. The monoisotopic (exact) mass is 249 g/mol. The Balaban J connectivity index is 2.16. The summed E-state index contributed by atoms with van der Waals surface area (Å²) < 4.78 is 0. The lowest BCUT2D eigenvalue weighted by atomic mass is 10.2. The minimum absolute atomic E-state index is 0.222. The molecule has 2 aromatic rings. The van der Waals surface area contributed by atoms with E-state index in [0.29, 0.717) is 6.54 Å². The highest BCUT2D eigenvalue weighted by Gasteiger charge is 2.24. The SMILES string of the molecule is Cc1sc2ncnc(N3CCC(O)C3)c2c1C. The molecule has 0 radical (unpaired) electrons. The van der Waals surface area contributed by atoms with E-state index >= 15 is 0 Å². The molecule has 0 saturated carbocycles. The van der Waals surface area contributed by atoms with Gasteiger partial charge in [-0.2, -0.15) is 0 Å². The van der Waals surface area contributed by atoms with Gasteiger partial charge in [0, 0.05) is 18.0 Å². The summed E-state index contributed by atoms with van der Waals surface area (Å²) in [5, 5.41) is 10.8. The van der Waals surface area contributed by atoms with Crippen LogP contribution in [0.25, 0.3) is 10.2 Å². The predicted molar refractivity (Wildman–Crippen MR) is 69.7 cm³/mol. The number of anilines is 1. The summed E-state index contributed by atoms with van der Waals surface area (Å²) in [7, 11) is 0. The van der Waals surface area contributed by atoms with Gasteiger partial charge in [0.15, 0.2) is 0 Å². The van der Waals surface area contributed by atoms with Gasteiger partial charge < -0.3 is 10.0 Å². The van der Waals surface area contributed by atoms with E-state index in [2.05, 4.69) is 28.7 Å². The highest BCUT2D eigenvalue weighted by molar-refractivity contribution is 7.18. The molecule has 1 unspecified atom stereocenters. The average Bonchev–Trinajstić information content (AvgIpc) is 2.85. The van der Waals surface area contributed by atoms with E-state index in [1.807, 2.05) is 0 Å². The van der Waals surface area contributed by atoms with Crippen LogP contribution in [0.5, 0.6) is 0 Å². The van der Waals surface area contributed by atoms with Gasteiger partial charge in [-0.15, -0.1) is 11.3 Å². The molecule has 0 amide bonds. The number of aliphatic hydroxyl groups is 1. The summed E-state index contributed by atoms with van der Waals surface area (Å²) in [6.45, 7) is 5.79.